The van der Waals surface area contributed by atoms with Gasteiger partial charge in [0, 0.05) is 18.7 Å². The molecule has 0 bridgehead atoms. The number of hydrogen-bond acceptors (Lipinski definition) is 3. The van der Waals surface area contributed by atoms with Crippen LogP contribution in [0.5, 0.6) is 0 Å². The Kier molecular flexibility index (Phi) is 4.28. The Bertz CT molecular complexity index is 590. The van der Waals surface area contributed by atoms with Gasteiger partial charge in [-0.1, -0.05) is 42.5 Å². The fourth-order valence-electron chi connectivity index (χ4n) is 2.33. The summed E-state index contributed by atoms with van der Waals surface area (Å²) in [5.41, 5.74) is 5.84. The number of hydrazine groups is 1. The molecule has 1 saturated heterocycles. The summed E-state index contributed by atoms with van der Waals surface area (Å²) in [5.74, 6) is -0.0727. The van der Waals surface area contributed by atoms with Crippen LogP contribution in [0.15, 0.2) is 54.6 Å². The molecule has 0 radical (unpaired) electrons. The van der Waals surface area contributed by atoms with Gasteiger partial charge in [-0.25, -0.2) is 5.01 Å². The first kappa shape index (κ1) is 13.8. The van der Waals surface area contributed by atoms with E-state index >= 15 is 0 Å². The van der Waals surface area contributed by atoms with E-state index in [1.54, 1.807) is 0 Å². The highest BCUT2D eigenvalue weighted by atomic mass is 16.5. The van der Waals surface area contributed by atoms with E-state index in [0.717, 1.165) is 24.2 Å². The molecule has 0 spiro atoms. The fourth-order valence-corrected chi connectivity index (χ4v) is 2.33. The lowest BCUT2D eigenvalue weighted by atomic mass is 10.0. The highest BCUT2D eigenvalue weighted by Crippen LogP contribution is 2.19. The van der Waals surface area contributed by atoms with Gasteiger partial charge >= 0.3 is 0 Å². The van der Waals surface area contributed by atoms with E-state index in [1.807, 2.05) is 47.5 Å². The number of carbonyl (C=O) groups is 1. The molecular formula is C17H18N2O2. The van der Waals surface area contributed by atoms with Gasteiger partial charge in [-0.15, -0.1) is 0 Å². The van der Waals surface area contributed by atoms with Crippen LogP contribution in [0.1, 0.15) is 10.4 Å². The van der Waals surface area contributed by atoms with Gasteiger partial charge in [0.25, 0.3) is 5.91 Å². The molecule has 0 aliphatic carbocycles. The minimum absolute atomic E-state index is 0.0727. The second kappa shape index (κ2) is 6.52. The Balaban J connectivity index is 1.67. The number of nitrogens with zero attached hydrogens (tertiary/aromatic N) is 1. The third-order valence-corrected chi connectivity index (χ3v) is 3.52. The fraction of sp³-hybridized carbons (Fsp3) is 0.235. The summed E-state index contributed by atoms with van der Waals surface area (Å²) in [7, 11) is 0. The average molecular weight is 282 g/mol. The van der Waals surface area contributed by atoms with Crippen LogP contribution in [0.25, 0.3) is 11.1 Å². The standard InChI is InChI=1S/C17H18N2O2/c20-17(18-19-10-12-21-13-11-19)16-8-6-15(7-9-16)14-4-2-1-3-5-14/h1-9H,10-13H2,(H,18,20). The highest BCUT2D eigenvalue weighted by molar-refractivity contribution is 5.94. The summed E-state index contributed by atoms with van der Waals surface area (Å²) in [4.78, 5) is 12.2. The molecule has 2 aromatic carbocycles. The summed E-state index contributed by atoms with van der Waals surface area (Å²) in [5, 5.41) is 1.90. The molecule has 1 aliphatic heterocycles. The molecular weight excluding hydrogens is 264 g/mol. The zero-order valence-corrected chi connectivity index (χ0v) is 11.8. The van der Waals surface area contributed by atoms with E-state index in [2.05, 4.69) is 17.6 Å². The molecule has 0 aromatic heterocycles. The summed E-state index contributed by atoms with van der Waals surface area (Å²) < 4.78 is 5.26. The van der Waals surface area contributed by atoms with Crippen molar-refractivity contribution in [1.82, 2.24) is 10.4 Å². The van der Waals surface area contributed by atoms with E-state index in [-0.39, 0.29) is 5.91 Å². The minimum atomic E-state index is -0.0727. The van der Waals surface area contributed by atoms with E-state index < -0.39 is 0 Å². The molecule has 1 amide bonds. The second-order valence-electron chi connectivity index (χ2n) is 4.98. The molecule has 0 saturated carbocycles. The second-order valence-corrected chi connectivity index (χ2v) is 4.98. The quantitative estimate of drug-likeness (QED) is 0.939. The number of ether oxygens (including phenoxy) is 1. The number of amides is 1. The van der Waals surface area contributed by atoms with Crippen molar-refractivity contribution in [2.75, 3.05) is 26.3 Å². The van der Waals surface area contributed by atoms with Crippen LogP contribution in [-0.2, 0) is 4.74 Å². The lowest BCUT2D eigenvalue weighted by Gasteiger charge is -2.26. The van der Waals surface area contributed by atoms with Crippen molar-refractivity contribution in [3.8, 4) is 11.1 Å². The largest absolute Gasteiger partial charge is 0.379 e. The van der Waals surface area contributed by atoms with Gasteiger partial charge in [-0.2, -0.15) is 0 Å². The van der Waals surface area contributed by atoms with E-state index in [1.165, 1.54) is 0 Å². The van der Waals surface area contributed by atoms with Crippen LogP contribution in [0.4, 0.5) is 0 Å². The number of hydrogen-bond donors (Lipinski definition) is 1. The molecule has 0 atom stereocenters. The average Bonchev–Trinajstić information content (AvgIpc) is 2.57. The van der Waals surface area contributed by atoms with Crippen LogP contribution < -0.4 is 5.43 Å². The normalized spacial score (nSPS) is 15.6. The highest BCUT2D eigenvalue weighted by Gasteiger charge is 2.14. The Morgan fingerprint density at radius 2 is 1.52 bits per heavy atom. The number of benzene rings is 2. The molecule has 4 nitrogen and oxygen atoms in total. The van der Waals surface area contributed by atoms with Gasteiger partial charge < -0.3 is 4.74 Å². The summed E-state index contributed by atoms with van der Waals surface area (Å²) in [6, 6.07) is 17.8. The van der Waals surface area contributed by atoms with Crippen molar-refractivity contribution >= 4 is 5.91 Å². The van der Waals surface area contributed by atoms with Crippen molar-refractivity contribution in [3.63, 3.8) is 0 Å². The van der Waals surface area contributed by atoms with Gasteiger partial charge in [0.15, 0.2) is 0 Å². The van der Waals surface area contributed by atoms with Gasteiger partial charge in [0.1, 0.15) is 0 Å². The van der Waals surface area contributed by atoms with Gasteiger partial charge in [-0.3, -0.25) is 10.2 Å². The zero-order chi connectivity index (χ0) is 14.5. The van der Waals surface area contributed by atoms with Gasteiger partial charge in [-0.05, 0) is 23.3 Å². The summed E-state index contributed by atoms with van der Waals surface area (Å²) >= 11 is 0. The first-order valence-corrected chi connectivity index (χ1v) is 7.12. The molecule has 4 heteroatoms. The van der Waals surface area contributed by atoms with Crippen LogP contribution in [0.2, 0.25) is 0 Å². The molecule has 2 aromatic rings. The van der Waals surface area contributed by atoms with Gasteiger partial charge in [0.05, 0.1) is 13.2 Å². The minimum Gasteiger partial charge on any atom is -0.379 e. The Labute approximate surface area is 124 Å². The van der Waals surface area contributed by atoms with Crippen LogP contribution in [0, 0.1) is 0 Å². The van der Waals surface area contributed by atoms with Crippen molar-refractivity contribution < 1.29 is 9.53 Å². The maximum absolute atomic E-state index is 12.2. The third kappa shape index (κ3) is 3.48. The monoisotopic (exact) mass is 282 g/mol. The molecule has 108 valence electrons. The summed E-state index contributed by atoms with van der Waals surface area (Å²) in [6.45, 7) is 2.78. The Hall–Kier alpha value is -2.17. The lowest BCUT2D eigenvalue weighted by Crippen LogP contribution is -2.48. The van der Waals surface area contributed by atoms with Crippen molar-refractivity contribution in [3.05, 3.63) is 60.2 Å². The molecule has 21 heavy (non-hydrogen) atoms. The number of morpholine rings is 1. The van der Waals surface area contributed by atoms with Gasteiger partial charge in [0.2, 0.25) is 0 Å². The molecule has 1 heterocycles. The number of nitrogens with one attached hydrogen (secondary N) is 1. The maximum atomic E-state index is 12.2. The topological polar surface area (TPSA) is 41.6 Å². The molecule has 3 rings (SSSR count). The van der Waals surface area contributed by atoms with Crippen molar-refractivity contribution in [1.29, 1.82) is 0 Å². The van der Waals surface area contributed by atoms with Crippen LogP contribution in [-0.4, -0.2) is 37.2 Å². The predicted molar refractivity (Wildman–Crippen MR) is 81.7 cm³/mol. The molecule has 0 unspecified atom stereocenters. The first-order valence-electron chi connectivity index (χ1n) is 7.12. The Morgan fingerprint density at radius 3 is 2.19 bits per heavy atom. The van der Waals surface area contributed by atoms with Crippen molar-refractivity contribution in [2.24, 2.45) is 0 Å². The number of rotatable bonds is 3. The SMILES string of the molecule is O=C(NN1CCOCC1)c1ccc(-c2ccccc2)cc1. The van der Waals surface area contributed by atoms with E-state index in [9.17, 15) is 4.79 Å². The van der Waals surface area contributed by atoms with Crippen molar-refractivity contribution in [2.45, 2.75) is 0 Å². The van der Waals surface area contributed by atoms with E-state index in [4.69, 9.17) is 4.74 Å². The summed E-state index contributed by atoms with van der Waals surface area (Å²) in [6.07, 6.45) is 0. The Morgan fingerprint density at radius 1 is 0.905 bits per heavy atom. The zero-order valence-electron chi connectivity index (χ0n) is 11.8. The van der Waals surface area contributed by atoms with Crippen LogP contribution >= 0.6 is 0 Å². The predicted octanol–water partition coefficient (Wildman–Crippen LogP) is 2.33. The molecule has 1 N–H and O–H groups in total. The van der Waals surface area contributed by atoms with Crippen LogP contribution in [0.3, 0.4) is 0 Å². The first-order chi connectivity index (χ1) is 10.3. The molecule has 1 fully saturated rings. The smallest absolute Gasteiger partial charge is 0.265 e. The lowest BCUT2D eigenvalue weighted by molar-refractivity contribution is 0.0126. The number of carbonyl (C=O) groups excluding carboxylic acids is 1. The van der Waals surface area contributed by atoms with E-state index in [0.29, 0.717) is 18.8 Å². The maximum Gasteiger partial charge on any atom is 0.265 e. The molecule has 1 aliphatic rings. The third-order valence-electron chi connectivity index (χ3n) is 3.52.